The van der Waals surface area contributed by atoms with Gasteiger partial charge in [-0.3, -0.25) is 4.98 Å². The summed E-state index contributed by atoms with van der Waals surface area (Å²) < 4.78 is 41.7. The molecule has 0 saturated carbocycles. The van der Waals surface area contributed by atoms with Crippen LogP contribution in [0, 0.1) is 5.82 Å². The number of rotatable bonds is 5. The van der Waals surface area contributed by atoms with E-state index >= 15 is 0 Å². The molecule has 0 aliphatic heterocycles. The minimum Gasteiger partial charge on any atom is -0.336 e. The van der Waals surface area contributed by atoms with Crippen LogP contribution in [0.15, 0.2) is 48.9 Å². The third kappa shape index (κ3) is 3.26. The highest BCUT2D eigenvalue weighted by molar-refractivity contribution is 5.78. The summed E-state index contributed by atoms with van der Waals surface area (Å²) in [6, 6.07) is 7.63. The fraction of sp³-hybridized carbons (Fsp3) is 0.158. The lowest BCUT2D eigenvalue weighted by Gasteiger charge is -2.11. The summed E-state index contributed by atoms with van der Waals surface area (Å²) >= 11 is 0. The normalized spacial score (nSPS) is 11.3. The lowest BCUT2D eigenvalue weighted by atomic mass is 10.2. The topological polar surface area (TPSA) is 68.0 Å². The van der Waals surface area contributed by atoms with Gasteiger partial charge in [0.15, 0.2) is 11.6 Å². The lowest BCUT2D eigenvalue weighted by Crippen LogP contribution is -2.06. The molecule has 4 heterocycles. The highest BCUT2D eigenvalue weighted by atomic mass is 19.3. The van der Waals surface area contributed by atoms with Crippen molar-refractivity contribution >= 4 is 17.0 Å². The summed E-state index contributed by atoms with van der Waals surface area (Å²) in [5.41, 5.74) is 1.66. The number of nitrogens with one attached hydrogen (secondary N) is 1. The van der Waals surface area contributed by atoms with E-state index in [1.807, 2.05) is 13.0 Å². The van der Waals surface area contributed by atoms with Crippen molar-refractivity contribution in [3.63, 3.8) is 0 Å². The Balaban J connectivity index is 1.88. The van der Waals surface area contributed by atoms with Crippen molar-refractivity contribution in [2.75, 3.05) is 5.32 Å². The largest absolute Gasteiger partial charge is 0.336 e. The number of fused-ring (bicyclic) bond motifs is 1. The van der Waals surface area contributed by atoms with Crippen LogP contribution in [-0.4, -0.2) is 24.6 Å². The van der Waals surface area contributed by atoms with Crippen LogP contribution in [-0.2, 0) is 6.42 Å². The molecule has 142 valence electrons. The van der Waals surface area contributed by atoms with Crippen LogP contribution in [0.4, 0.5) is 24.7 Å². The average Bonchev–Trinajstić information content (AvgIpc) is 3.13. The molecule has 4 rings (SSSR count). The van der Waals surface area contributed by atoms with Crippen LogP contribution in [0.2, 0.25) is 0 Å². The SMILES string of the molecule is CCc1ccn2nc(-c3cccc(C(F)F)n3)nc(Nc3ccncc3F)c12. The van der Waals surface area contributed by atoms with E-state index in [4.69, 9.17) is 0 Å². The van der Waals surface area contributed by atoms with Gasteiger partial charge in [0.1, 0.15) is 16.9 Å². The van der Waals surface area contributed by atoms with Gasteiger partial charge in [-0.05, 0) is 36.2 Å². The Morgan fingerprint density at radius 3 is 2.75 bits per heavy atom. The quantitative estimate of drug-likeness (QED) is 0.546. The van der Waals surface area contributed by atoms with E-state index in [9.17, 15) is 13.2 Å². The molecule has 0 bridgehead atoms. The van der Waals surface area contributed by atoms with Crippen LogP contribution in [0.3, 0.4) is 0 Å². The maximum Gasteiger partial charge on any atom is 0.280 e. The van der Waals surface area contributed by atoms with Gasteiger partial charge in [0.25, 0.3) is 6.43 Å². The average molecular weight is 384 g/mol. The standard InChI is InChI=1S/C19H15F3N6/c1-2-11-7-9-28-16(11)19(25-13-6-8-23-10-12(13)20)26-18(27-28)15-5-3-4-14(24-15)17(21)22/h3-10,17H,2H2,1H3,(H,23,25,26,27). The highest BCUT2D eigenvalue weighted by Gasteiger charge is 2.17. The predicted molar refractivity (Wildman–Crippen MR) is 98.0 cm³/mol. The van der Waals surface area contributed by atoms with Crippen molar-refractivity contribution in [1.29, 1.82) is 0 Å². The zero-order valence-corrected chi connectivity index (χ0v) is 14.8. The Kier molecular flexibility index (Phi) is 4.64. The van der Waals surface area contributed by atoms with Crippen molar-refractivity contribution < 1.29 is 13.2 Å². The molecular formula is C19H15F3N6. The van der Waals surface area contributed by atoms with Crippen LogP contribution in [0.25, 0.3) is 17.0 Å². The number of aromatic nitrogens is 5. The Morgan fingerprint density at radius 1 is 1.14 bits per heavy atom. The van der Waals surface area contributed by atoms with E-state index in [1.165, 1.54) is 24.4 Å². The van der Waals surface area contributed by atoms with Gasteiger partial charge in [-0.1, -0.05) is 13.0 Å². The lowest BCUT2D eigenvalue weighted by molar-refractivity contribution is 0.146. The van der Waals surface area contributed by atoms with Gasteiger partial charge in [0, 0.05) is 12.4 Å². The predicted octanol–water partition coefficient (Wildman–Crippen LogP) is 4.57. The van der Waals surface area contributed by atoms with Crippen LogP contribution < -0.4 is 5.32 Å². The van der Waals surface area contributed by atoms with Crippen molar-refractivity contribution in [1.82, 2.24) is 24.6 Å². The molecule has 4 aromatic heterocycles. The van der Waals surface area contributed by atoms with Crippen LogP contribution >= 0.6 is 0 Å². The van der Waals surface area contributed by atoms with E-state index in [0.717, 1.165) is 11.8 Å². The second-order valence-electron chi connectivity index (χ2n) is 6.00. The van der Waals surface area contributed by atoms with Gasteiger partial charge in [-0.15, -0.1) is 5.10 Å². The van der Waals surface area contributed by atoms with Crippen molar-refractivity contribution in [2.24, 2.45) is 0 Å². The van der Waals surface area contributed by atoms with Crippen molar-refractivity contribution in [3.05, 3.63) is 66.0 Å². The molecule has 0 aromatic carbocycles. The first kappa shape index (κ1) is 17.9. The number of anilines is 2. The van der Waals surface area contributed by atoms with Gasteiger partial charge >= 0.3 is 0 Å². The first-order valence-electron chi connectivity index (χ1n) is 8.57. The molecular weight excluding hydrogens is 369 g/mol. The van der Waals surface area contributed by atoms with E-state index < -0.39 is 12.2 Å². The summed E-state index contributed by atoms with van der Waals surface area (Å²) in [4.78, 5) is 12.1. The molecule has 0 atom stereocenters. The van der Waals surface area contributed by atoms with Gasteiger partial charge in [0.2, 0.25) is 5.82 Å². The number of hydrogen-bond donors (Lipinski definition) is 1. The van der Waals surface area contributed by atoms with Crippen LogP contribution in [0.1, 0.15) is 24.6 Å². The van der Waals surface area contributed by atoms with Crippen LogP contribution in [0.5, 0.6) is 0 Å². The summed E-state index contributed by atoms with van der Waals surface area (Å²) in [6.07, 6.45) is 2.30. The molecule has 0 aliphatic carbocycles. The van der Waals surface area contributed by atoms with Crippen molar-refractivity contribution in [3.8, 4) is 11.5 Å². The second kappa shape index (κ2) is 7.26. The molecule has 0 amide bonds. The van der Waals surface area contributed by atoms with E-state index in [1.54, 1.807) is 16.8 Å². The number of halogens is 3. The zero-order chi connectivity index (χ0) is 19.7. The fourth-order valence-electron chi connectivity index (χ4n) is 2.87. The molecule has 28 heavy (non-hydrogen) atoms. The van der Waals surface area contributed by atoms with Gasteiger partial charge < -0.3 is 5.32 Å². The number of pyridine rings is 2. The summed E-state index contributed by atoms with van der Waals surface area (Å²) in [7, 11) is 0. The van der Waals surface area contributed by atoms with Crippen molar-refractivity contribution in [2.45, 2.75) is 19.8 Å². The Labute approximate surface area is 158 Å². The van der Waals surface area contributed by atoms with Gasteiger partial charge in [0.05, 0.1) is 11.9 Å². The zero-order valence-electron chi connectivity index (χ0n) is 14.8. The van der Waals surface area contributed by atoms with E-state index in [0.29, 0.717) is 17.8 Å². The molecule has 0 spiro atoms. The Bertz CT molecular complexity index is 1140. The maximum atomic E-state index is 14.1. The molecule has 0 aliphatic rings. The van der Waals surface area contributed by atoms with Gasteiger partial charge in [-0.25, -0.2) is 27.7 Å². The Hall–Kier alpha value is -3.49. The number of hydrogen-bond acceptors (Lipinski definition) is 5. The smallest absolute Gasteiger partial charge is 0.280 e. The number of aryl methyl sites for hydroxylation is 1. The molecule has 6 nitrogen and oxygen atoms in total. The molecule has 0 saturated heterocycles. The summed E-state index contributed by atoms with van der Waals surface area (Å²) in [5, 5.41) is 7.35. The molecule has 1 N–H and O–H groups in total. The number of nitrogens with zero attached hydrogens (tertiary/aromatic N) is 5. The third-order valence-corrected chi connectivity index (χ3v) is 4.22. The summed E-state index contributed by atoms with van der Waals surface area (Å²) in [6.45, 7) is 1.98. The second-order valence-corrected chi connectivity index (χ2v) is 6.00. The van der Waals surface area contributed by atoms with E-state index in [-0.39, 0.29) is 22.9 Å². The van der Waals surface area contributed by atoms with E-state index in [2.05, 4.69) is 25.4 Å². The maximum absolute atomic E-state index is 14.1. The molecule has 0 fully saturated rings. The Morgan fingerprint density at radius 2 is 2.00 bits per heavy atom. The summed E-state index contributed by atoms with van der Waals surface area (Å²) in [5.74, 6) is -0.0466. The highest BCUT2D eigenvalue weighted by Crippen LogP contribution is 2.28. The monoisotopic (exact) mass is 384 g/mol. The first-order chi connectivity index (χ1) is 13.6. The third-order valence-electron chi connectivity index (χ3n) is 4.22. The minimum absolute atomic E-state index is 0.144. The minimum atomic E-state index is -2.70. The molecule has 4 aromatic rings. The molecule has 0 radical (unpaired) electrons. The molecule has 0 unspecified atom stereocenters. The molecule has 9 heteroatoms. The van der Waals surface area contributed by atoms with Gasteiger partial charge in [-0.2, -0.15) is 0 Å². The number of alkyl halides is 2. The fourth-order valence-corrected chi connectivity index (χ4v) is 2.87. The first-order valence-corrected chi connectivity index (χ1v) is 8.57.